The first-order valence-electron chi connectivity index (χ1n) is 6.27. The topological polar surface area (TPSA) is 75.2 Å². The molecule has 0 aliphatic carbocycles. The monoisotopic (exact) mass is 253 g/mol. The largest absolute Gasteiger partial charge is 0.299 e. The lowest BCUT2D eigenvalue weighted by Crippen LogP contribution is -2.18. The maximum Gasteiger partial charge on any atom is 0.237 e. The molecule has 0 atom stereocenters. The van der Waals surface area contributed by atoms with Gasteiger partial charge in [0.15, 0.2) is 0 Å². The lowest BCUT2D eigenvalue weighted by atomic mass is 10.2. The summed E-state index contributed by atoms with van der Waals surface area (Å²) in [6.07, 6.45) is 2.58. The van der Waals surface area contributed by atoms with Gasteiger partial charge >= 0.3 is 0 Å². The van der Waals surface area contributed by atoms with Crippen LogP contribution in [-0.2, 0) is 6.54 Å². The van der Waals surface area contributed by atoms with Gasteiger partial charge in [0.1, 0.15) is 12.1 Å². The molecule has 1 aliphatic rings. The molecule has 1 N–H and O–H groups in total. The van der Waals surface area contributed by atoms with E-state index in [9.17, 15) is 0 Å². The Kier molecular flexibility index (Phi) is 4.49. The van der Waals surface area contributed by atoms with Crippen LogP contribution < -0.4 is 5.43 Å². The van der Waals surface area contributed by atoms with E-state index >= 15 is 0 Å². The molecule has 1 aromatic rings. The number of nitrogens with one attached hydrogen (secondary N) is 1. The molecular weight excluding hydrogens is 238 g/mol. The SMILES string of the molecule is N#CC(C#N)=NNc1ccc(CN2CCCC2)cc1. The normalized spacial score (nSPS) is 14.4. The van der Waals surface area contributed by atoms with E-state index in [1.807, 2.05) is 24.3 Å². The van der Waals surface area contributed by atoms with Gasteiger partial charge in [-0.25, -0.2) is 0 Å². The Morgan fingerprint density at radius 1 is 1.16 bits per heavy atom. The molecule has 0 aromatic heterocycles. The van der Waals surface area contributed by atoms with Crippen LogP contribution in [0, 0.1) is 22.7 Å². The molecule has 19 heavy (non-hydrogen) atoms. The van der Waals surface area contributed by atoms with Crippen LogP contribution in [0.2, 0.25) is 0 Å². The number of anilines is 1. The summed E-state index contributed by atoms with van der Waals surface area (Å²) < 4.78 is 0. The highest BCUT2D eigenvalue weighted by Crippen LogP contribution is 2.15. The molecule has 2 rings (SSSR count). The molecule has 5 heteroatoms. The maximum absolute atomic E-state index is 8.56. The maximum atomic E-state index is 8.56. The van der Waals surface area contributed by atoms with E-state index in [1.54, 1.807) is 12.1 Å². The van der Waals surface area contributed by atoms with Gasteiger partial charge in [0.2, 0.25) is 5.71 Å². The number of hydrogen-bond donors (Lipinski definition) is 1. The van der Waals surface area contributed by atoms with Gasteiger partial charge in [-0.15, -0.1) is 0 Å². The average molecular weight is 253 g/mol. The van der Waals surface area contributed by atoms with E-state index in [4.69, 9.17) is 10.5 Å². The third-order valence-corrected chi connectivity index (χ3v) is 3.07. The number of nitrogens with zero attached hydrogens (tertiary/aromatic N) is 4. The molecule has 0 radical (unpaired) electrons. The third kappa shape index (κ3) is 3.80. The predicted octanol–water partition coefficient (Wildman–Crippen LogP) is 2.10. The van der Waals surface area contributed by atoms with Crippen molar-refractivity contribution in [2.24, 2.45) is 5.10 Å². The minimum absolute atomic E-state index is 0.179. The molecular formula is C14H15N5. The molecule has 1 saturated heterocycles. The lowest BCUT2D eigenvalue weighted by Gasteiger charge is -2.14. The van der Waals surface area contributed by atoms with Crippen molar-refractivity contribution in [1.82, 2.24) is 4.90 Å². The third-order valence-electron chi connectivity index (χ3n) is 3.07. The number of benzene rings is 1. The van der Waals surface area contributed by atoms with Crippen molar-refractivity contribution >= 4 is 11.4 Å². The Morgan fingerprint density at radius 2 is 1.79 bits per heavy atom. The number of hydrogen-bond acceptors (Lipinski definition) is 5. The molecule has 1 aliphatic heterocycles. The fraction of sp³-hybridized carbons (Fsp3) is 0.357. The fourth-order valence-corrected chi connectivity index (χ4v) is 2.08. The van der Waals surface area contributed by atoms with Gasteiger partial charge in [-0.05, 0) is 43.6 Å². The first-order valence-corrected chi connectivity index (χ1v) is 6.27. The van der Waals surface area contributed by atoms with Crippen molar-refractivity contribution < 1.29 is 0 Å². The molecule has 1 fully saturated rings. The second kappa shape index (κ2) is 6.53. The molecule has 0 spiro atoms. The Labute approximate surface area is 112 Å². The zero-order valence-corrected chi connectivity index (χ0v) is 10.6. The second-order valence-corrected chi connectivity index (χ2v) is 4.48. The van der Waals surface area contributed by atoms with E-state index in [2.05, 4.69) is 15.4 Å². The average Bonchev–Trinajstić information content (AvgIpc) is 2.95. The van der Waals surface area contributed by atoms with Gasteiger partial charge in [0.05, 0.1) is 5.69 Å². The van der Waals surface area contributed by atoms with Crippen LogP contribution in [0.5, 0.6) is 0 Å². The van der Waals surface area contributed by atoms with E-state index < -0.39 is 0 Å². The smallest absolute Gasteiger partial charge is 0.237 e. The highest BCUT2D eigenvalue weighted by Gasteiger charge is 2.11. The van der Waals surface area contributed by atoms with Crippen LogP contribution in [0.4, 0.5) is 5.69 Å². The number of hydrazone groups is 1. The minimum Gasteiger partial charge on any atom is -0.299 e. The number of nitriles is 2. The fourth-order valence-electron chi connectivity index (χ4n) is 2.08. The van der Waals surface area contributed by atoms with E-state index in [1.165, 1.54) is 31.5 Å². The van der Waals surface area contributed by atoms with E-state index in [0.29, 0.717) is 0 Å². The van der Waals surface area contributed by atoms with E-state index in [0.717, 1.165) is 12.2 Å². The highest BCUT2D eigenvalue weighted by atomic mass is 15.3. The summed E-state index contributed by atoms with van der Waals surface area (Å²) in [5.74, 6) is 0. The van der Waals surface area contributed by atoms with Crippen LogP contribution in [0.15, 0.2) is 29.4 Å². The Balaban J connectivity index is 1.93. The van der Waals surface area contributed by atoms with Gasteiger partial charge in [-0.3, -0.25) is 10.3 Å². The van der Waals surface area contributed by atoms with Crippen molar-refractivity contribution in [3.63, 3.8) is 0 Å². The van der Waals surface area contributed by atoms with Gasteiger partial charge in [0.25, 0.3) is 0 Å². The molecule has 5 nitrogen and oxygen atoms in total. The Morgan fingerprint density at radius 3 is 2.37 bits per heavy atom. The lowest BCUT2D eigenvalue weighted by molar-refractivity contribution is 0.331. The van der Waals surface area contributed by atoms with Crippen molar-refractivity contribution in [2.45, 2.75) is 19.4 Å². The Bertz CT molecular complexity index is 510. The number of likely N-dealkylation sites (tertiary alicyclic amines) is 1. The molecule has 1 heterocycles. The van der Waals surface area contributed by atoms with Gasteiger partial charge < -0.3 is 0 Å². The van der Waals surface area contributed by atoms with Crippen LogP contribution in [0.1, 0.15) is 18.4 Å². The van der Waals surface area contributed by atoms with Crippen LogP contribution in [0.25, 0.3) is 0 Å². The minimum atomic E-state index is -0.179. The van der Waals surface area contributed by atoms with Crippen LogP contribution in [0.3, 0.4) is 0 Å². The second-order valence-electron chi connectivity index (χ2n) is 4.48. The van der Waals surface area contributed by atoms with Crippen molar-refractivity contribution in [2.75, 3.05) is 18.5 Å². The van der Waals surface area contributed by atoms with Crippen LogP contribution in [-0.4, -0.2) is 23.7 Å². The van der Waals surface area contributed by atoms with Crippen molar-refractivity contribution in [3.8, 4) is 12.1 Å². The molecule has 0 unspecified atom stereocenters. The summed E-state index contributed by atoms with van der Waals surface area (Å²) >= 11 is 0. The molecule has 0 saturated carbocycles. The first-order chi connectivity index (χ1) is 9.31. The van der Waals surface area contributed by atoms with Crippen LogP contribution >= 0.6 is 0 Å². The summed E-state index contributed by atoms with van der Waals surface area (Å²) in [5, 5.41) is 20.8. The summed E-state index contributed by atoms with van der Waals surface area (Å²) in [6, 6.07) is 11.3. The number of rotatable bonds is 4. The Hall–Kier alpha value is -2.37. The standard InChI is InChI=1S/C14H15N5/c15-9-14(10-16)18-17-13-5-3-12(4-6-13)11-19-7-1-2-8-19/h3-6,17H,1-2,7-8,11H2. The summed E-state index contributed by atoms with van der Waals surface area (Å²) in [5.41, 5.74) is 4.55. The summed E-state index contributed by atoms with van der Waals surface area (Å²) in [4.78, 5) is 2.43. The first kappa shape index (κ1) is 13.1. The van der Waals surface area contributed by atoms with Crippen molar-refractivity contribution in [3.05, 3.63) is 29.8 Å². The van der Waals surface area contributed by atoms with Gasteiger partial charge in [0, 0.05) is 6.54 Å². The quantitative estimate of drug-likeness (QED) is 0.658. The summed E-state index contributed by atoms with van der Waals surface area (Å²) in [7, 11) is 0. The predicted molar refractivity (Wildman–Crippen MR) is 73.2 cm³/mol. The van der Waals surface area contributed by atoms with E-state index in [-0.39, 0.29) is 5.71 Å². The highest BCUT2D eigenvalue weighted by molar-refractivity contribution is 6.10. The zero-order chi connectivity index (χ0) is 13.5. The summed E-state index contributed by atoms with van der Waals surface area (Å²) in [6.45, 7) is 3.33. The van der Waals surface area contributed by atoms with Gasteiger partial charge in [-0.1, -0.05) is 12.1 Å². The molecule has 0 amide bonds. The molecule has 1 aromatic carbocycles. The van der Waals surface area contributed by atoms with Crippen molar-refractivity contribution in [1.29, 1.82) is 10.5 Å². The zero-order valence-electron chi connectivity index (χ0n) is 10.6. The molecule has 0 bridgehead atoms. The van der Waals surface area contributed by atoms with Gasteiger partial charge in [-0.2, -0.15) is 15.6 Å². The molecule has 96 valence electrons.